The van der Waals surface area contributed by atoms with Crippen LogP contribution >= 0.6 is 0 Å². The molecule has 0 aliphatic carbocycles. The molecule has 0 amide bonds. The molecule has 0 bridgehead atoms. The number of nitro benzene ring substituents is 1. The summed E-state index contributed by atoms with van der Waals surface area (Å²) in [4.78, 5) is 15.0. The van der Waals surface area contributed by atoms with E-state index < -0.39 is 4.92 Å². The van der Waals surface area contributed by atoms with Crippen molar-refractivity contribution in [1.82, 2.24) is 0 Å². The van der Waals surface area contributed by atoms with Crippen molar-refractivity contribution >= 4 is 11.9 Å². The number of aromatic hydroxyl groups is 1. The van der Waals surface area contributed by atoms with E-state index in [9.17, 15) is 15.2 Å². The Balaban J connectivity index is 2.17. The highest BCUT2D eigenvalue weighted by molar-refractivity contribution is 5.83. The van der Waals surface area contributed by atoms with E-state index in [1.807, 2.05) is 0 Å². The van der Waals surface area contributed by atoms with Crippen molar-refractivity contribution in [3.63, 3.8) is 0 Å². The number of nitrogens with zero attached hydrogens (tertiary/aromatic N) is 2. The van der Waals surface area contributed by atoms with Gasteiger partial charge in [0, 0.05) is 23.9 Å². The molecule has 0 unspecified atom stereocenters. The van der Waals surface area contributed by atoms with Gasteiger partial charge in [0.25, 0.3) is 5.69 Å². The van der Waals surface area contributed by atoms with E-state index in [2.05, 4.69) is 4.99 Å². The van der Waals surface area contributed by atoms with E-state index in [1.165, 1.54) is 20.3 Å². The van der Waals surface area contributed by atoms with E-state index >= 15 is 0 Å². The molecule has 0 spiro atoms. The molecule has 0 aliphatic rings. The van der Waals surface area contributed by atoms with Crippen molar-refractivity contribution in [2.45, 2.75) is 6.42 Å². The lowest BCUT2D eigenvalue weighted by molar-refractivity contribution is -0.385. The van der Waals surface area contributed by atoms with Gasteiger partial charge < -0.3 is 14.6 Å². The van der Waals surface area contributed by atoms with Crippen LogP contribution < -0.4 is 9.47 Å². The number of ether oxygens (including phenoxy) is 2. The first-order valence-electron chi connectivity index (χ1n) is 7.24. The first-order chi connectivity index (χ1) is 11.6. The summed E-state index contributed by atoms with van der Waals surface area (Å²) in [5.74, 6) is 0.881. The Bertz CT molecular complexity index is 759. The van der Waals surface area contributed by atoms with Gasteiger partial charge in [-0.1, -0.05) is 12.1 Å². The summed E-state index contributed by atoms with van der Waals surface area (Å²) in [6, 6.07) is 9.76. The molecule has 0 radical (unpaired) electrons. The van der Waals surface area contributed by atoms with Gasteiger partial charge in [-0.05, 0) is 24.6 Å². The third-order valence-electron chi connectivity index (χ3n) is 3.46. The highest BCUT2D eigenvalue weighted by atomic mass is 16.6. The summed E-state index contributed by atoms with van der Waals surface area (Å²) in [5.41, 5.74) is 1.07. The summed E-state index contributed by atoms with van der Waals surface area (Å²) in [7, 11) is 2.90. The number of benzene rings is 2. The number of methoxy groups -OCH3 is 2. The Morgan fingerprint density at radius 3 is 2.50 bits per heavy atom. The van der Waals surface area contributed by atoms with Crippen molar-refractivity contribution in [2.24, 2.45) is 4.99 Å². The van der Waals surface area contributed by atoms with Crippen molar-refractivity contribution in [3.8, 4) is 17.2 Å². The summed E-state index contributed by atoms with van der Waals surface area (Å²) < 4.78 is 10.3. The van der Waals surface area contributed by atoms with Gasteiger partial charge in [0.05, 0.1) is 25.2 Å². The summed E-state index contributed by atoms with van der Waals surface area (Å²) in [6.45, 7) is 0.338. The predicted molar refractivity (Wildman–Crippen MR) is 90.5 cm³/mol. The van der Waals surface area contributed by atoms with Crippen molar-refractivity contribution in [3.05, 3.63) is 57.6 Å². The van der Waals surface area contributed by atoms with Crippen LogP contribution in [0.5, 0.6) is 17.2 Å². The number of hydrogen-bond acceptors (Lipinski definition) is 6. The smallest absolute Gasteiger partial charge is 0.276 e. The SMILES string of the molecule is COc1cc(CCN=Cc2ccccc2O)c([N+](=O)[O-])cc1OC. The van der Waals surface area contributed by atoms with Crippen LogP contribution in [0.1, 0.15) is 11.1 Å². The minimum atomic E-state index is -0.454. The normalized spacial score (nSPS) is 10.8. The maximum Gasteiger partial charge on any atom is 0.276 e. The Morgan fingerprint density at radius 1 is 1.21 bits per heavy atom. The van der Waals surface area contributed by atoms with Gasteiger partial charge in [0.15, 0.2) is 11.5 Å². The topological polar surface area (TPSA) is 94.2 Å². The number of hydrogen-bond donors (Lipinski definition) is 1. The van der Waals surface area contributed by atoms with Crippen LogP contribution in [0.4, 0.5) is 5.69 Å². The van der Waals surface area contributed by atoms with Crippen LogP contribution in [0.3, 0.4) is 0 Å². The third kappa shape index (κ3) is 4.01. The summed E-state index contributed by atoms with van der Waals surface area (Å²) in [6.07, 6.45) is 1.91. The summed E-state index contributed by atoms with van der Waals surface area (Å²) in [5, 5.41) is 20.9. The quantitative estimate of drug-likeness (QED) is 0.478. The molecule has 2 rings (SSSR count). The average molecular weight is 330 g/mol. The highest BCUT2D eigenvalue weighted by Crippen LogP contribution is 2.34. The molecule has 7 nitrogen and oxygen atoms in total. The summed E-state index contributed by atoms with van der Waals surface area (Å²) >= 11 is 0. The molecule has 0 atom stereocenters. The van der Waals surface area contributed by atoms with E-state index in [0.717, 1.165) is 0 Å². The van der Waals surface area contributed by atoms with Crippen LogP contribution in [-0.4, -0.2) is 37.0 Å². The number of phenols is 1. The lowest BCUT2D eigenvalue weighted by atomic mass is 10.1. The maximum absolute atomic E-state index is 11.2. The molecule has 0 aromatic heterocycles. The molecule has 126 valence electrons. The largest absolute Gasteiger partial charge is 0.507 e. The molecular formula is C17H18N2O5. The number of aliphatic imine (C=N–C) groups is 1. The number of phenolic OH excluding ortho intramolecular Hbond substituents is 1. The molecule has 0 heterocycles. The van der Waals surface area contributed by atoms with Gasteiger partial charge in [0.2, 0.25) is 0 Å². The zero-order valence-corrected chi connectivity index (χ0v) is 13.4. The molecule has 1 N–H and O–H groups in total. The predicted octanol–water partition coefficient (Wildman–Crippen LogP) is 2.98. The Morgan fingerprint density at radius 2 is 1.88 bits per heavy atom. The molecule has 2 aromatic rings. The molecule has 0 saturated heterocycles. The maximum atomic E-state index is 11.2. The van der Waals surface area contributed by atoms with Gasteiger partial charge in [-0.15, -0.1) is 0 Å². The molecule has 0 aliphatic heterocycles. The van der Waals surface area contributed by atoms with Crippen LogP contribution in [0, 0.1) is 10.1 Å². The van der Waals surface area contributed by atoms with Crippen LogP contribution in [0.2, 0.25) is 0 Å². The molecule has 2 aromatic carbocycles. The highest BCUT2D eigenvalue weighted by Gasteiger charge is 2.18. The third-order valence-corrected chi connectivity index (χ3v) is 3.46. The van der Waals surface area contributed by atoms with Crippen LogP contribution in [-0.2, 0) is 6.42 Å². The van der Waals surface area contributed by atoms with Gasteiger partial charge in [0.1, 0.15) is 5.75 Å². The number of nitro groups is 1. The molecule has 0 fully saturated rings. The molecule has 0 saturated carbocycles. The minimum Gasteiger partial charge on any atom is -0.507 e. The Kier molecular flexibility index (Phi) is 5.73. The van der Waals surface area contributed by atoms with Crippen LogP contribution in [0.15, 0.2) is 41.4 Å². The zero-order chi connectivity index (χ0) is 17.5. The fourth-order valence-corrected chi connectivity index (χ4v) is 2.23. The lowest BCUT2D eigenvalue weighted by Crippen LogP contribution is -2.01. The second kappa shape index (κ2) is 7.96. The first-order valence-corrected chi connectivity index (χ1v) is 7.24. The minimum absolute atomic E-state index is 0.0367. The van der Waals surface area contributed by atoms with Gasteiger partial charge in [-0.3, -0.25) is 15.1 Å². The molecule has 7 heteroatoms. The average Bonchev–Trinajstić information content (AvgIpc) is 2.59. The first kappa shape index (κ1) is 17.3. The van der Waals surface area contributed by atoms with E-state index in [-0.39, 0.29) is 11.4 Å². The van der Waals surface area contributed by atoms with Gasteiger partial charge in [-0.2, -0.15) is 0 Å². The van der Waals surface area contributed by atoms with Crippen LogP contribution in [0.25, 0.3) is 0 Å². The number of para-hydroxylation sites is 1. The van der Waals surface area contributed by atoms with E-state index in [1.54, 1.807) is 36.5 Å². The van der Waals surface area contributed by atoms with E-state index in [0.29, 0.717) is 35.6 Å². The number of rotatable bonds is 7. The van der Waals surface area contributed by atoms with Gasteiger partial charge >= 0.3 is 0 Å². The van der Waals surface area contributed by atoms with Crippen molar-refractivity contribution in [1.29, 1.82) is 0 Å². The molecule has 24 heavy (non-hydrogen) atoms. The fraction of sp³-hybridized carbons (Fsp3) is 0.235. The standard InChI is InChI=1S/C17H18N2O5/c1-23-16-9-12(14(19(21)22)10-17(16)24-2)7-8-18-11-13-5-3-4-6-15(13)20/h3-6,9-11,20H,7-8H2,1-2H3. The molecular weight excluding hydrogens is 312 g/mol. The fourth-order valence-electron chi connectivity index (χ4n) is 2.23. The van der Waals surface area contributed by atoms with Crippen molar-refractivity contribution < 1.29 is 19.5 Å². The second-order valence-electron chi connectivity index (χ2n) is 4.94. The lowest BCUT2D eigenvalue weighted by Gasteiger charge is -2.10. The zero-order valence-electron chi connectivity index (χ0n) is 13.4. The van der Waals surface area contributed by atoms with Crippen molar-refractivity contribution in [2.75, 3.05) is 20.8 Å². The Labute approximate surface area is 139 Å². The van der Waals surface area contributed by atoms with E-state index in [4.69, 9.17) is 9.47 Å². The Hall–Kier alpha value is -3.09. The monoisotopic (exact) mass is 330 g/mol. The van der Waals surface area contributed by atoms with Gasteiger partial charge in [-0.25, -0.2) is 0 Å². The second-order valence-corrected chi connectivity index (χ2v) is 4.94.